The molecule has 2 heterocycles. The number of rotatable bonds is 3. The Morgan fingerprint density at radius 3 is 3.13 bits per heavy atom. The lowest BCUT2D eigenvalue weighted by molar-refractivity contribution is 0.0714. The number of piperidine rings is 1. The van der Waals surface area contributed by atoms with Crippen LogP contribution in [0.15, 0.2) is 12.4 Å². The summed E-state index contributed by atoms with van der Waals surface area (Å²) >= 11 is 0. The topological polar surface area (TPSA) is 41.3 Å². The Morgan fingerprint density at radius 2 is 2.47 bits per heavy atom. The molecule has 1 unspecified atom stereocenters. The monoisotopic (exact) mass is 209 g/mol. The summed E-state index contributed by atoms with van der Waals surface area (Å²) in [6.07, 6.45) is 6.96. The van der Waals surface area contributed by atoms with Gasteiger partial charge < -0.3 is 10.0 Å². The molecule has 0 aromatic carbocycles. The average molecular weight is 209 g/mol. The summed E-state index contributed by atoms with van der Waals surface area (Å²) in [6.45, 7) is 2.99. The van der Waals surface area contributed by atoms with Crippen molar-refractivity contribution < 1.29 is 5.11 Å². The minimum absolute atomic E-state index is 0.118. The molecule has 1 N–H and O–H groups in total. The normalized spacial score (nSPS) is 23.2. The van der Waals surface area contributed by atoms with Crippen LogP contribution in [-0.4, -0.2) is 45.5 Å². The molecule has 1 atom stereocenters. The second-order valence-electron chi connectivity index (χ2n) is 4.37. The molecule has 0 saturated carbocycles. The zero-order chi connectivity index (χ0) is 10.7. The first kappa shape index (κ1) is 10.6. The summed E-state index contributed by atoms with van der Waals surface area (Å²) in [5.74, 6) is 0. The first-order chi connectivity index (χ1) is 7.24. The van der Waals surface area contributed by atoms with Crippen LogP contribution in [0.5, 0.6) is 0 Å². The molecule has 4 nitrogen and oxygen atoms in total. The number of hydrogen-bond donors (Lipinski definition) is 1. The molecule has 2 rings (SSSR count). The van der Waals surface area contributed by atoms with Gasteiger partial charge in [-0.05, 0) is 31.4 Å². The van der Waals surface area contributed by atoms with Gasteiger partial charge in [0, 0.05) is 26.3 Å². The highest BCUT2D eigenvalue weighted by molar-refractivity contribution is 5.04. The van der Waals surface area contributed by atoms with E-state index >= 15 is 0 Å². The second kappa shape index (κ2) is 4.77. The molecule has 1 aliphatic rings. The summed E-state index contributed by atoms with van der Waals surface area (Å²) < 4.78 is 1.83. The van der Waals surface area contributed by atoms with Crippen LogP contribution in [0.2, 0.25) is 0 Å². The number of aromatic nitrogens is 2. The van der Waals surface area contributed by atoms with Gasteiger partial charge in [0.05, 0.1) is 12.3 Å². The van der Waals surface area contributed by atoms with E-state index in [9.17, 15) is 5.11 Å². The predicted octanol–water partition coefficient (Wildman–Crippen LogP) is 0.419. The van der Waals surface area contributed by atoms with E-state index in [4.69, 9.17) is 0 Å². The zero-order valence-electron chi connectivity index (χ0n) is 9.26. The van der Waals surface area contributed by atoms with Gasteiger partial charge in [-0.2, -0.15) is 5.10 Å². The number of β-amino-alcohol motifs (C(OH)–C–C–N with tert-alkyl or cyclic N) is 1. The van der Waals surface area contributed by atoms with Gasteiger partial charge in [-0.1, -0.05) is 0 Å². The molecule has 1 aromatic heterocycles. The van der Waals surface area contributed by atoms with E-state index in [1.807, 2.05) is 17.9 Å². The van der Waals surface area contributed by atoms with Crippen molar-refractivity contribution >= 4 is 0 Å². The largest absolute Gasteiger partial charge is 0.392 e. The van der Waals surface area contributed by atoms with Gasteiger partial charge in [0.2, 0.25) is 0 Å². The Morgan fingerprint density at radius 1 is 1.60 bits per heavy atom. The van der Waals surface area contributed by atoms with Crippen molar-refractivity contribution in [2.24, 2.45) is 7.05 Å². The van der Waals surface area contributed by atoms with Crippen LogP contribution >= 0.6 is 0 Å². The van der Waals surface area contributed by atoms with Crippen molar-refractivity contribution in [3.05, 3.63) is 18.0 Å². The number of aliphatic hydroxyl groups excluding tert-OH is 1. The van der Waals surface area contributed by atoms with Gasteiger partial charge in [-0.3, -0.25) is 4.68 Å². The number of likely N-dealkylation sites (tertiary alicyclic amines) is 1. The molecule has 84 valence electrons. The Balaban J connectivity index is 1.77. The van der Waals surface area contributed by atoms with Crippen molar-refractivity contribution in [1.29, 1.82) is 0 Å². The fourth-order valence-electron chi connectivity index (χ4n) is 2.12. The lowest BCUT2D eigenvalue weighted by atomic mass is 10.1. The SMILES string of the molecule is Cn1cc(CCN2CCCC(O)C2)cn1. The summed E-state index contributed by atoms with van der Waals surface area (Å²) in [6, 6.07) is 0. The highest BCUT2D eigenvalue weighted by Gasteiger charge is 2.16. The molecule has 1 aromatic rings. The first-order valence-electron chi connectivity index (χ1n) is 5.62. The summed E-state index contributed by atoms with van der Waals surface area (Å²) in [5.41, 5.74) is 1.28. The molecule has 0 amide bonds. The van der Waals surface area contributed by atoms with Crippen molar-refractivity contribution in [2.75, 3.05) is 19.6 Å². The molecule has 1 fully saturated rings. The maximum absolute atomic E-state index is 9.52. The first-order valence-corrected chi connectivity index (χ1v) is 5.62. The van der Waals surface area contributed by atoms with Crippen LogP contribution in [0, 0.1) is 0 Å². The Labute approximate surface area is 90.5 Å². The van der Waals surface area contributed by atoms with Crippen LogP contribution in [-0.2, 0) is 13.5 Å². The van der Waals surface area contributed by atoms with E-state index in [2.05, 4.69) is 16.2 Å². The van der Waals surface area contributed by atoms with E-state index < -0.39 is 0 Å². The molecule has 1 saturated heterocycles. The quantitative estimate of drug-likeness (QED) is 0.784. The molecule has 15 heavy (non-hydrogen) atoms. The molecule has 0 bridgehead atoms. The van der Waals surface area contributed by atoms with Crippen molar-refractivity contribution in [1.82, 2.24) is 14.7 Å². The summed E-state index contributed by atoms with van der Waals surface area (Å²) in [7, 11) is 1.94. The molecule has 0 radical (unpaired) electrons. The minimum Gasteiger partial charge on any atom is -0.392 e. The molecule has 4 heteroatoms. The second-order valence-corrected chi connectivity index (χ2v) is 4.37. The fourth-order valence-corrected chi connectivity index (χ4v) is 2.12. The van der Waals surface area contributed by atoms with E-state index in [0.717, 1.165) is 38.9 Å². The summed E-state index contributed by atoms with van der Waals surface area (Å²) in [5, 5.41) is 13.7. The van der Waals surface area contributed by atoms with E-state index in [1.54, 1.807) is 0 Å². The molecule has 0 spiro atoms. The maximum Gasteiger partial charge on any atom is 0.0667 e. The van der Waals surface area contributed by atoms with Crippen molar-refractivity contribution in [2.45, 2.75) is 25.4 Å². The lowest BCUT2D eigenvalue weighted by Gasteiger charge is -2.29. The maximum atomic E-state index is 9.52. The van der Waals surface area contributed by atoms with Crippen LogP contribution < -0.4 is 0 Å². The van der Waals surface area contributed by atoms with Gasteiger partial charge in [-0.15, -0.1) is 0 Å². The van der Waals surface area contributed by atoms with Crippen LogP contribution in [0.1, 0.15) is 18.4 Å². The Kier molecular flexibility index (Phi) is 3.38. The summed E-state index contributed by atoms with van der Waals surface area (Å²) in [4.78, 5) is 2.33. The van der Waals surface area contributed by atoms with Gasteiger partial charge in [0.25, 0.3) is 0 Å². The number of hydrogen-bond acceptors (Lipinski definition) is 3. The van der Waals surface area contributed by atoms with Crippen LogP contribution in [0.25, 0.3) is 0 Å². The predicted molar refractivity (Wildman–Crippen MR) is 58.6 cm³/mol. The Bertz CT molecular complexity index is 311. The van der Waals surface area contributed by atoms with E-state index in [1.165, 1.54) is 5.56 Å². The van der Waals surface area contributed by atoms with E-state index in [-0.39, 0.29) is 6.10 Å². The van der Waals surface area contributed by atoms with Gasteiger partial charge in [0.15, 0.2) is 0 Å². The smallest absolute Gasteiger partial charge is 0.0667 e. The lowest BCUT2D eigenvalue weighted by Crippen LogP contribution is -2.39. The minimum atomic E-state index is -0.118. The number of aliphatic hydroxyl groups is 1. The number of aryl methyl sites for hydroxylation is 1. The van der Waals surface area contributed by atoms with Gasteiger partial charge >= 0.3 is 0 Å². The highest BCUT2D eigenvalue weighted by atomic mass is 16.3. The molecular weight excluding hydrogens is 190 g/mol. The van der Waals surface area contributed by atoms with Gasteiger partial charge in [-0.25, -0.2) is 0 Å². The molecule has 1 aliphatic heterocycles. The van der Waals surface area contributed by atoms with Gasteiger partial charge in [0.1, 0.15) is 0 Å². The van der Waals surface area contributed by atoms with Crippen molar-refractivity contribution in [3.8, 4) is 0 Å². The third-order valence-corrected chi connectivity index (χ3v) is 2.96. The fraction of sp³-hybridized carbons (Fsp3) is 0.727. The molecule has 0 aliphatic carbocycles. The van der Waals surface area contributed by atoms with E-state index in [0.29, 0.717) is 0 Å². The standard InChI is InChI=1S/C11H19N3O/c1-13-8-10(7-12-13)4-6-14-5-2-3-11(15)9-14/h7-8,11,15H,2-6,9H2,1H3. The highest BCUT2D eigenvalue weighted by Crippen LogP contribution is 2.10. The van der Waals surface area contributed by atoms with Crippen LogP contribution in [0.3, 0.4) is 0 Å². The van der Waals surface area contributed by atoms with Crippen molar-refractivity contribution in [3.63, 3.8) is 0 Å². The zero-order valence-corrected chi connectivity index (χ0v) is 9.26. The third-order valence-electron chi connectivity index (χ3n) is 2.96. The molecular formula is C11H19N3O. The third kappa shape index (κ3) is 3.04. The Hall–Kier alpha value is -0.870. The average Bonchev–Trinajstić information content (AvgIpc) is 2.62. The van der Waals surface area contributed by atoms with Crippen LogP contribution in [0.4, 0.5) is 0 Å². The number of nitrogens with zero attached hydrogens (tertiary/aromatic N) is 3.